The molecular formula is C12H14ClNO3. The number of nitrogens with one attached hydrogen (secondary N) is 1. The van der Waals surface area contributed by atoms with E-state index in [0.29, 0.717) is 16.5 Å². The van der Waals surface area contributed by atoms with Crippen molar-refractivity contribution >= 4 is 23.2 Å². The molecule has 92 valence electrons. The molecule has 0 aliphatic heterocycles. The number of aliphatic hydroxyl groups is 1. The summed E-state index contributed by atoms with van der Waals surface area (Å²) in [6.45, 7) is -0.108. The van der Waals surface area contributed by atoms with Gasteiger partial charge in [-0.2, -0.15) is 0 Å². The number of ether oxygens (including phenoxy) is 1. The van der Waals surface area contributed by atoms with Crippen LogP contribution in [0.2, 0.25) is 5.02 Å². The molecule has 0 bridgehead atoms. The topological polar surface area (TPSA) is 58.6 Å². The quantitative estimate of drug-likeness (QED) is 0.866. The van der Waals surface area contributed by atoms with Crippen molar-refractivity contribution in [2.24, 2.45) is 5.41 Å². The van der Waals surface area contributed by atoms with Gasteiger partial charge >= 0.3 is 0 Å². The largest absolute Gasteiger partial charge is 0.495 e. The molecule has 4 nitrogen and oxygen atoms in total. The first-order chi connectivity index (χ1) is 8.11. The van der Waals surface area contributed by atoms with Gasteiger partial charge < -0.3 is 15.2 Å². The van der Waals surface area contributed by atoms with Gasteiger partial charge in [0.1, 0.15) is 5.75 Å². The summed E-state index contributed by atoms with van der Waals surface area (Å²) in [6, 6.07) is 5.04. The number of methoxy groups -OCH3 is 1. The monoisotopic (exact) mass is 255 g/mol. The van der Waals surface area contributed by atoms with E-state index in [1.165, 1.54) is 7.11 Å². The van der Waals surface area contributed by atoms with Gasteiger partial charge in [0, 0.05) is 5.69 Å². The highest BCUT2D eigenvalue weighted by molar-refractivity contribution is 6.32. The fraction of sp³-hybridized carbons (Fsp3) is 0.417. The van der Waals surface area contributed by atoms with Crippen LogP contribution in [0, 0.1) is 5.41 Å². The Morgan fingerprint density at radius 2 is 2.29 bits per heavy atom. The van der Waals surface area contributed by atoms with Gasteiger partial charge in [-0.15, -0.1) is 0 Å². The van der Waals surface area contributed by atoms with Crippen LogP contribution in [-0.2, 0) is 4.79 Å². The summed E-state index contributed by atoms with van der Waals surface area (Å²) in [7, 11) is 1.53. The number of rotatable bonds is 4. The number of carbonyl (C=O) groups is 1. The fourth-order valence-electron chi connectivity index (χ4n) is 1.62. The van der Waals surface area contributed by atoms with Gasteiger partial charge in [0.25, 0.3) is 0 Å². The van der Waals surface area contributed by atoms with E-state index < -0.39 is 5.41 Å². The average molecular weight is 256 g/mol. The van der Waals surface area contributed by atoms with Gasteiger partial charge in [-0.3, -0.25) is 4.79 Å². The highest BCUT2D eigenvalue weighted by atomic mass is 35.5. The van der Waals surface area contributed by atoms with Crippen LogP contribution in [0.25, 0.3) is 0 Å². The number of aliphatic hydroxyl groups excluding tert-OH is 1. The Morgan fingerprint density at radius 3 is 2.76 bits per heavy atom. The molecule has 1 aliphatic rings. The predicted octanol–water partition coefficient (Wildman–Crippen LogP) is 2.06. The molecule has 2 N–H and O–H groups in total. The van der Waals surface area contributed by atoms with Crippen LogP contribution in [0.3, 0.4) is 0 Å². The van der Waals surface area contributed by atoms with Crippen molar-refractivity contribution in [2.75, 3.05) is 19.0 Å². The lowest BCUT2D eigenvalue weighted by atomic mass is 10.1. The SMILES string of the molecule is COc1ccc(NC(=O)C2(CO)CC2)cc1Cl. The van der Waals surface area contributed by atoms with Gasteiger partial charge in [-0.1, -0.05) is 11.6 Å². The molecule has 1 aromatic carbocycles. The number of carbonyl (C=O) groups excluding carboxylic acids is 1. The van der Waals surface area contributed by atoms with E-state index >= 15 is 0 Å². The first-order valence-corrected chi connectivity index (χ1v) is 5.75. The molecule has 17 heavy (non-hydrogen) atoms. The van der Waals surface area contributed by atoms with Gasteiger partial charge in [0.2, 0.25) is 5.91 Å². The van der Waals surface area contributed by atoms with Crippen LogP contribution in [0.5, 0.6) is 5.75 Å². The van der Waals surface area contributed by atoms with Crippen molar-refractivity contribution < 1.29 is 14.6 Å². The van der Waals surface area contributed by atoms with E-state index in [1.807, 2.05) is 0 Å². The molecule has 1 fully saturated rings. The van der Waals surface area contributed by atoms with Gasteiger partial charge in [0.15, 0.2) is 0 Å². The van der Waals surface area contributed by atoms with Crippen molar-refractivity contribution in [2.45, 2.75) is 12.8 Å². The normalized spacial score (nSPS) is 16.4. The standard InChI is InChI=1S/C12H14ClNO3/c1-17-10-3-2-8(6-9(10)13)14-11(16)12(7-15)4-5-12/h2-3,6,15H,4-5,7H2,1H3,(H,14,16). The molecule has 0 radical (unpaired) electrons. The molecule has 0 heterocycles. The van der Waals surface area contributed by atoms with Crippen molar-refractivity contribution in [3.8, 4) is 5.75 Å². The number of hydrogen-bond donors (Lipinski definition) is 2. The first kappa shape index (κ1) is 12.2. The Balaban J connectivity index is 2.09. The van der Waals surface area contributed by atoms with E-state index in [9.17, 15) is 4.79 Å². The zero-order valence-corrected chi connectivity index (χ0v) is 10.3. The Morgan fingerprint density at radius 1 is 1.59 bits per heavy atom. The minimum absolute atomic E-state index is 0.108. The third kappa shape index (κ3) is 2.37. The second-order valence-corrected chi connectivity index (χ2v) is 4.65. The maximum atomic E-state index is 11.8. The van der Waals surface area contributed by atoms with Gasteiger partial charge in [0.05, 0.1) is 24.2 Å². The summed E-state index contributed by atoms with van der Waals surface area (Å²) in [5.74, 6) is 0.411. The summed E-state index contributed by atoms with van der Waals surface area (Å²) >= 11 is 5.95. The second-order valence-electron chi connectivity index (χ2n) is 4.24. The van der Waals surface area contributed by atoms with Crippen LogP contribution in [0.4, 0.5) is 5.69 Å². The van der Waals surface area contributed by atoms with Gasteiger partial charge in [-0.05, 0) is 31.0 Å². The molecule has 0 unspecified atom stereocenters. The number of amides is 1. The molecule has 0 atom stereocenters. The molecule has 5 heteroatoms. The molecule has 0 saturated heterocycles. The number of benzene rings is 1. The minimum Gasteiger partial charge on any atom is -0.495 e. The zero-order chi connectivity index (χ0) is 12.5. The van der Waals surface area contributed by atoms with E-state index in [0.717, 1.165) is 12.8 Å². The molecule has 1 amide bonds. The summed E-state index contributed by atoms with van der Waals surface area (Å²) in [5.41, 5.74) is 0.0346. The number of hydrogen-bond acceptors (Lipinski definition) is 3. The predicted molar refractivity (Wildman–Crippen MR) is 65.4 cm³/mol. The summed E-state index contributed by atoms with van der Waals surface area (Å²) < 4.78 is 5.02. The second kappa shape index (κ2) is 4.55. The van der Waals surface area contributed by atoms with Crippen LogP contribution in [-0.4, -0.2) is 24.7 Å². The highest BCUT2D eigenvalue weighted by Gasteiger charge is 2.49. The fourth-order valence-corrected chi connectivity index (χ4v) is 1.87. The maximum absolute atomic E-state index is 11.8. The Labute approximate surface area is 105 Å². The summed E-state index contributed by atoms with van der Waals surface area (Å²) in [4.78, 5) is 11.8. The molecule has 2 rings (SSSR count). The van der Waals surface area contributed by atoms with Crippen molar-refractivity contribution in [3.05, 3.63) is 23.2 Å². The number of anilines is 1. The molecule has 1 aromatic rings. The maximum Gasteiger partial charge on any atom is 0.232 e. The highest BCUT2D eigenvalue weighted by Crippen LogP contribution is 2.46. The van der Waals surface area contributed by atoms with E-state index in [2.05, 4.69) is 5.32 Å². The third-order valence-electron chi connectivity index (χ3n) is 3.05. The van der Waals surface area contributed by atoms with E-state index in [-0.39, 0.29) is 12.5 Å². The summed E-state index contributed by atoms with van der Waals surface area (Å²) in [5, 5.41) is 12.3. The third-order valence-corrected chi connectivity index (χ3v) is 3.34. The van der Waals surface area contributed by atoms with Crippen molar-refractivity contribution in [3.63, 3.8) is 0 Å². The van der Waals surface area contributed by atoms with Crippen LogP contribution >= 0.6 is 11.6 Å². The lowest BCUT2D eigenvalue weighted by Gasteiger charge is -2.13. The average Bonchev–Trinajstić information content (AvgIpc) is 3.10. The first-order valence-electron chi connectivity index (χ1n) is 5.37. The molecule has 0 spiro atoms. The van der Waals surface area contributed by atoms with Crippen LogP contribution in [0.15, 0.2) is 18.2 Å². The molecule has 1 saturated carbocycles. The van der Waals surface area contributed by atoms with Crippen molar-refractivity contribution in [1.29, 1.82) is 0 Å². The Kier molecular flexibility index (Phi) is 3.26. The molecule has 0 aromatic heterocycles. The Hall–Kier alpha value is -1.26. The van der Waals surface area contributed by atoms with Gasteiger partial charge in [-0.25, -0.2) is 0 Å². The van der Waals surface area contributed by atoms with Crippen LogP contribution in [0.1, 0.15) is 12.8 Å². The Bertz CT molecular complexity index is 443. The lowest BCUT2D eigenvalue weighted by molar-refractivity contribution is -0.122. The van der Waals surface area contributed by atoms with Crippen LogP contribution < -0.4 is 10.1 Å². The lowest BCUT2D eigenvalue weighted by Crippen LogP contribution is -2.27. The van der Waals surface area contributed by atoms with Crippen molar-refractivity contribution in [1.82, 2.24) is 0 Å². The minimum atomic E-state index is -0.577. The van der Waals surface area contributed by atoms with E-state index in [1.54, 1.807) is 18.2 Å². The van der Waals surface area contributed by atoms with E-state index in [4.69, 9.17) is 21.4 Å². The molecular weight excluding hydrogens is 242 g/mol. The smallest absolute Gasteiger partial charge is 0.232 e. The summed E-state index contributed by atoms with van der Waals surface area (Å²) in [6.07, 6.45) is 1.47. The molecule has 1 aliphatic carbocycles. The zero-order valence-electron chi connectivity index (χ0n) is 9.50. The number of halogens is 1.